The van der Waals surface area contributed by atoms with Crippen molar-refractivity contribution in [3.8, 4) is 0 Å². The Bertz CT molecular complexity index is 331. The average Bonchev–Trinajstić information content (AvgIpc) is 2.60. The number of nitrogens with one attached hydrogen (secondary N) is 2. The number of nitrogens with zero attached hydrogens (tertiary/aromatic N) is 2. The Morgan fingerprint density at radius 3 is 3.38 bits per heavy atom. The van der Waals surface area contributed by atoms with Crippen LogP contribution >= 0.6 is 0 Å². The number of rotatable bonds is 1. The summed E-state index contributed by atoms with van der Waals surface area (Å²) in [6.07, 6.45) is 1.63. The van der Waals surface area contributed by atoms with E-state index in [-0.39, 0.29) is 5.91 Å². The Kier molecular flexibility index (Phi) is 2.02. The van der Waals surface area contributed by atoms with Crippen molar-refractivity contribution in [3.05, 3.63) is 17.7 Å². The molecule has 5 nitrogen and oxygen atoms in total. The van der Waals surface area contributed by atoms with Crippen LogP contribution in [0.1, 0.15) is 16.3 Å². The first-order chi connectivity index (χ1) is 6.33. The van der Waals surface area contributed by atoms with Crippen molar-refractivity contribution in [3.63, 3.8) is 0 Å². The van der Waals surface area contributed by atoms with Gasteiger partial charge >= 0.3 is 0 Å². The molecule has 2 N–H and O–H groups in total. The second-order valence-electron chi connectivity index (χ2n) is 2.97. The summed E-state index contributed by atoms with van der Waals surface area (Å²) in [6, 6.07) is 0. The fourth-order valence-corrected chi connectivity index (χ4v) is 1.50. The molecule has 13 heavy (non-hydrogen) atoms. The number of imidazole rings is 1. The molecule has 0 radical (unpaired) electrons. The van der Waals surface area contributed by atoms with E-state index in [1.54, 1.807) is 13.2 Å². The van der Waals surface area contributed by atoms with Crippen LogP contribution in [0.5, 0.6) is 0 Å². The number of carbonyl (C=O) groups is 1. The molecule has 2 rings (SSSR count). The Balaban J connectivity index is 2.36. The van der Waals surface area contributed by atoms with Crippen LogP contribution in [0.2, 0.25) is 0 Å². The molecule has 2 heterocycles. The lowest BCUT2D eigenvalue weighted by Gasteiger charge is -2.16. The van der Waals surface area contributed by atoms with E-state index in [0.717, 1.165) is 25.5 Å². The average molecular weight is 180 g/mol. The number of carbonyl (C=O) groups excluding carboxylic acids is 1. The minimum atomic E-state index is -0.0688. The van der Waals surface area contributed by atoms with E-state index in [4.69, 9.17) is 0 Å². The minimum absolute atomic E-state index is 0.0688. The fraction of sp³-hybridized carbons (Fsp3) is 0.500. The van der Waals surface area contributed by atoms with Crippen LogP contribution in [0, 0.1) is 0 Å². The topological polar surface area (TPSA) is 59.0 Å². The maximum absolute atomic E-state index is 11.4. The van der Waals surface area contributed by atoms with Crippen LogP contribution < -0.4 is 10.6 Å². The predicted molar refractivity (Wildman–Crippen MR) is 47.3 cm³/mol. The highest BCUT2D eigenvalue weighted by atomic mass is 16.1. The maximum Gasteiger partial charge on any atom is 0.269 e. The molecule has 0 spiro atoms. The summed E-state index contributed by atoms with van der Waals surface area (Å²) in [5.41, 5.74) is 0.652. The van der Waals surface area contributed by atoms with Crippen LogP contribution in [-0.4, -0.2) is 29.1 Å². The second kappa shape index (κ2) is 3.18. The first kappa shape index (κ1) is 8.25. The van der Waals surface area contributed by atoms with Crippen molar-refractivity contribution < 1.29 is 4.79 Å². The maximum atomic E-state index is 11.4. The fourth-order valence-electron chi connectivity index (χ4n) is 1.50. The molecule has 1 aliphatic heterocycles. The molecule has 1 amide bonds. The number of hydrogen-bond acceptors (Lipinski definition) is 3. The van der Waals surface area contributed by atoms with Crippen LogP contribution in [0.25, 0.3) is 0 Å². The Morgan fingerprint density at radius 2 is 2.62 bits per heavy atom. The largest absolute Gasteiger partial charge is 0.354 e. The summed E-state index contributed by atoms with van der Waals surface area (Å²) in [7, 11) is 1.63. The lowest BCUT2D eigenvalue weighted by Crippen LogP contribution is -2.31. The number of fused-ring (bicyclic) bond motifs is 1. The summed E-state index contributed by atoms with van der Waals surface area (Å²) < 4.78 is 1.95. The minimum Gasteiger partial charge on any atom is -0.354 e. The Hall–Kier alpha value is -1.36. The molecule has 70 valence electrons. The van der Waals surface area contributed by atoms with Gasteiger partial charge in [0.05, 0.1) is 12.7 Å². The van der Waals surface area contributed by atoms with Gasteiger partial charge in [-0.3, -0.25) is 4.79 Å². The molecule has 0 saturated heterocycles. The number of hydrogen-bond donors (Lipinski definition) is 2. The van der Waals surface area contributed by atoms with E-state index in [0.29, 0.717) is 5.69 Å². The first-order valence-corrected chi connectivity index (χ1v) is 4.30. The standard InChI is InChI=1S/C8H12N4O/c1-9-8(13)6-4-11-7-5-10-2-3-12(6)7/h4,10H,2-3,5H2,1H3,(H,9,13). The monoisotopic (exact) mass is 180 g/mol. The Morgan fingerprint density at radius 1 is 1.77 bits per heavy atom. The highest BCUT2D eigenvalue weighted by molar-refractivity contribution is 5.92. The van der Waals surface area contributed by atoms with E-state index in [9.17, 15) is 4.79 Å². The molecule has 1 aromatic rings. The smallest absolute Gasteiger partial charge is 0.269 e. The summed E-state index contributed by atoms with van der Waals surface area (Å²) in [5.74, 6) is 0.866. The molecule has 0 saturated carbocycles. The zero-order chi connectivity index (χ0) is 9.26. The third-order valence-electron chi connectivity index (χ3n) is 2.19. The van der Waals surface area contributed by atoms with Crippen molar-refractivity contribution >= 4 is 5.91 Å². The molecule has 0 aliphatic carbocycles. The summed E-state index contributed by atoms with van der Waals surface area (Å²) in [4.78, 5) is 15.5. The van der Waals surface area contributed by atoms with Crippen LogP contribution in [0.4, 0.5) is 0 Å². The highest BCUT2D eigenvalue weighted by Gasteiger charge is 2.17. The molecule has 0 aromatic carbocycles. The van der Waals surface area contributed by atoms with Gasteiger partial charge in [0.15, 0.2) is 0 Å². The normalized spacial score (nSPS) is 15.2. The van der Waals surface area contributed by atoms with E-state index >= 15 is 0 Å². The molecular weight excluding hydrogens is 168 g/mol. The third-order valence-corrected chi connectivity index (χ3v) is 2.19. The van der Waals surface area contributed by atoms with Crippen molar-refractivity contribution in [1.82, 2.24) is 20.2 Å². The molecule has 5 heteroatoms. The Labute approximate surface area is 76.2 Å². The molecular formula is C8H12N4O. The van der Waals surface area contributed by atoms with E-state index in [2.05, 4.69) is 15.6 Å². The summed E-state index contributed by atoms with van der Waals surface area (Å²) in [5, 5.41) is 5.79. The third kappa shape index (κ3) is 1.31. The quantitative estimate of drug-likeness (QED) is 0.603. The molecule has 1 aromatic heterocycles. The van der Waals surface area contributed by atoms with E-state index in [1.165, 1.54) is 0 Å². The van der Waals surface area contributed by atoms with Crippen LogP contribution in [-0.2, 0) is 13.1 Å². The van der Waals surface area contributed by atoms with Gasteiger partial charge in [-0.25, -0.2) is 4.98 Å². The van der Waals surface area contributed by atoms with Crippen molar-refractivity contribution in [2.75, 3.05) is 13.6 Å². The van der Waals surface area contributed by atoms with Crippen LogP contribution in [0.15, 0.2) is 6.20 Å². The van der Waals surface area contributed by atoms with Gasteiger partial charge in [0.1, 0.15) is 11.5 Å². The zero-order valence-electron chi connectivity index (χ0n) is 7.50. The molecule has 0 unspecified atom stereocenters. The van der Waals surface area contributed by atoms with Gasteiger partial charge in [-0.05, 0) is 0 Å². The first-order valence-electron chi connectivity index (χ1n) is 4.30. The SMILES string of the molecule is CNC(=O)c1cnc2n1CCNC2. The molecule has 1 aliphatic rings. The van der Waals surface area contributed by atoms with Gasteiger partial charge in [0.25, 0.3) is 5.91 Å². The lowest BCUT2D eigenvalue weighted by molar-refractivity contribution is 0.0953. The summed E-state index contributed by atoms with van der Waals surface area (Å²) in [6.45, 7) is 2.46. The van der Waals surface area contributed by atoms with Gasteiger partial charge < -0.3 is 15.2 Å². The van der Waals surface area contributed by atoms with Crippen LogP contribution in [0.3, 0.4) is 0 Å². The van der Waals surface area contributed by atoms with Gasteiger partial charge in [-0.2, -0.15) is 0 Å². The van der Waals surface area contributed by atoms with Gasteiger partial charge in [-0.15, -0.1) is 0 Å². The zero-order valence-corrected chi connectivity index (χ0v) is 7.50. The highest BCUT2D eigenvalue weighted by Crippen LogP contribution is 2.08. The van der Waals surface area contributed by atoms with Gasteiger partial charge in [0.2, 0.25) is 0 Å². The van der Waals surface area contributed by atoms with Crippen molar-refractivity contribution in [1.29, 1.82) is 0 Å². The lowest BCUT2D eigenvalue weighted by atomic mass is 10.4. The van der Waals surface area contributed by atoms with Gasteiger partial charge in [0, 0.05) is 20.1 Å². The van der Waals surface area contributed by atoms with E-state index in [1.807, 2.05) is 4.57 Å². The molecule has 0 fully saturated rings. The van der Waals surface area contributed by atoms with E-state index < -0.39 is 0 Å². The van der Waals surface area contributed by atoms with Gasteiger partial charge in [-0.1, -0.05) is 0 Å². The van der Waals surface area contributed by atoms with Crippen molar-refractivity contribution in [2.24, 2.45) is 0 Å². The number of aromatic nitrogens is 2. The predicted octanol–water partition coefficient (Wildman–Crippen LogP) is -0.654. The second-order valence-corrected chi connectivity index (χ2v) is 2.97. The summed E-state index contributed by atoms with van der Waals surface area (Å²) >= 11 is 0. The molecule has 0 bridgehead atoms. The number of amides is 1. The van der Waals surface area contributed by atoms with Crippen molar-refractivity contribution in [2.45, 2.75) is 13.1 Å². The molecule has 0 atom stereocenters.